The monoisotopic (exact) mass is 440 g/mol. The zero-order valence-corrected chi connectivity index (χ0v) is 18.3. The number of carbonyl (C=O) groups excluding carboxylic acids is 1. The molecule has 4 aromatic rings. The van der Waals surface area contributed by atoms with Crippen molar-refractivity contribution in [3.05, 3.63) is 89.1 Å². The van der Waals surface area contributed by atoms with E-state index in [0.29, 0.717) is 30.2 Å². The van der Waals surface area contributed by atoms with Gasteiger partial charge in [-0.15, -0.1) is 0 Å². The number of H-pyrrole nitrogens is 1. The molecular formula is C27H24N2O4. The molecule has 33 heavy (non-hydrogen) atoms. The average Bonchev–Trinajstić information content (AvgIpc) is 3.47. The highest BCUT2D eigenvalue weighted by atomic mass is 16.7. The lowest BCUT2D eigenvalue weighted by molar-refractivity contribution is 0.0691. The molecule has 0 saturated carbocycles. The molecule has 1 amide bonds. The van der Waals surface area contributed by atoms with Crippen LogP contribution in [-0.2, 0) is 6.42 Å². The van der Waals surface area contributed by atoms with E-state index in [0.717, 1.165) is 28.9 Å². The van der Waals surface area contributed by atoms with Gasteiger partial charge in [-0.05, 0) is 60.9 Å². The van der Waals surface area contributed by atoms with Crippen molar-refractivity contribution in [1.82, 2.24) is 9.88 Å². The fourth-order valence-electron chi connectivity index (χ4n) is 4.94. The molecule has 0 radical (unpaired) electrons. The van der Waals surface area contributed by atoms with Crippen LogP contribution in [0, 0.1) is 0 Å². The molecule has 6 heteroatoms. The number of nitrogens with zero attached hydrogens (tertiary/aromatic N) is 1. The Morgan fingerprint density at radius 1 is 1.06 bits per heavy atom. The minimum absolute atomic E-state index is 0.0376. The Balaban J connectivity index is 1.47. The van der Waals surface area contributed by atoms with Gasteiger partial charge in [-0.3, -0.25) is 4.79 Å². The van der Waals surface area contributed by atoms with Gasteiger partial charge in [0.2, 0.25) is 6.79 Å². The predicted molar refractivity (Wildman–Crippen MR) is 125 cm³/mol. The van der Waals surface area contributed by atoms with E-state index in [4.69, 9.17) is 14.2 Å². The number of rotatable bonds is 4. The van der Waals surface area contributed by atoms with Gasteiger partial charge in [0.25, 0.3) is 5.91 Å². The number of para-hydroxylation sites is 1. The minimum atomic E-state index is -0.250. The molecule has 2 aliphatic heterocycles. The first kappa shape index (κ1) is 19.7. The van der Waals surface area contributed by atoms with E-state index in [1.54, 1.807) is 12.1 Å². The normalized spacial score (nSPS) is 16.6. The van der Waals surface area contributed by atoms with Crippen LogP contribution in [0.5, 0.6) is 17.2 Å². The van der Waals surface area contributed by atoms with Crippen molar-refractivity contribution < 1.29 is 19.0 Å². The van der Waals surface area contributed by atoms with Gasteiger partial charge in [0, 0.05) is 28.7 Å². The third kappa shape index (κ3) is 3.30. The van der Waals surface area contributed by atoms with E-state index in [1.807, 2.05) is 42.2 Å². The highest BCUT2D eigenvalue weighted by molar-refractivity contribution is 5.96. The quantitative estimate of drug-likeness (QED) is 0.481. The predicted octanol–water partition coefficient (Wildman–Crippen LogP) is 5.08. The molecule has 6 nitrogen and oxygen atoms in total. The molecule has 0 bridgehead atoms. The molecule has 0 aliphatic carbocycles. The molecule has 0 saturated heterocycles. The second kappa shape index (κ2) is 7.89. The molecule has 3 heterocycles. The van der Waals surface area contributed by atoms with Crippen molar-refractivity contribution in [2.45, 2.75) is 19.4 Å². The lowest BCUT2D eigenvalue weighted by Crippen LogP contribution is -2.40. The second-order valence-electron chi connectivity index (χ2n) is 8.29. The molecular weight excluding hydrogens is 416 g/mol. The number of nitrogens with one attached hydrogen (secondary N) is 1. The van der Waals surface area contributed by atoms with E-state index in [-0.39, 0.29) is 18.7 Å². The lowest BCUT2D eigenvalue weighted by atomic mass is 9.91. The number of ether oxygens (including phenoxy) is 3. The Hall–Kier alpha value is -3.93. The van der Waals surface area contributed by atoms with Crippen LogP contribution < -0.4 is 14.2 Å². The van der Waals surface area contributed by atoms with Crippen LogP contribution in [0.3, 0.4) is 0 Å². The maximum absolute atomic E-state index is 13.8. The van der Waals surface area contributed by atoms with Crippen molar-refractivity contribution in [2.75, 3.05) is 19.9 Å². The van der Waals surface area contributed by atoms with Gasteiger partial charge < -0.3 is 24.1 Å². The van der Waals surface area contributed by atoms with Gasteiger partial charge in [0.15, 0.2) is 11.5 Å². The summed E-state index contributed by atoms with van der Waals surface area (Å²) >= 11 is 0. The summed E-state index contributed by atoms with van der Waals surface area (Å²) in [7, 11) is 0. The summed E-state index contributed by atoms with van der Waals surface area (Å²) in [5.41, 5.74) is 5.02. The fraction of sp³-hybridized carbons (Fsp3) is 0.222. The summed E-state index contributed by atoms with van der Waals surface area (Å²) in [6, 6.07) is 21.5. The number of hydrogen-bond acceptors (Lipinski definition) is 4. The smallest absolute Gasteiger partial charge is 0.254 e. The Kier molecular flexibility index (Phi) is 4.72. The van der Waals surface area contributed by atoms with Crippen LogP contribution in [0.1, 0.15) is 40.1 Å². The fourth-order valence-corrected chi connectivity index (χ4v) is 4.94. The first-order chi connectivity index (χ1) is 16.2. The van der Waals surface area contributed by atoms with Crippen LogP contribution in [0.15, 0.2) is 66.7 Å². The van der Waals surface area contributed by atoms with Crippen LogP contribution in [-0.4, -0.2) is 35.7 Å². The van der Waals surface area contributed by atoms with Gasteiger partial charge in [0.1, 0.15) is 5.75 Å². The topological polar surface area (TPSA) is 63.8 Å². The van der Waals surface area contributed by atoms with Crippen molar-refractivity contribution in [3.8, 4) is 17.2 Å². The summed E-state index contributed by atoms with van der Waals surface area (Å²) < 4.78 is 16.7. The molecule has 1 N–H and O–H groups in total. The van der Waals surface area contributed by atoms with Crippen molar-refractivity contribution in [1.29, 1.82) is 0 Å². The molecule has 0 fully saturated rings. The second-order valence-corrected chi connectivity index (χ2v) is 8.29. The number of amides is 1. The molecule has 6 rings (SSSR count). The zero-order chi connectivity index (χ0) is 22.4. The maximum Gasteiger partial charge on any atom is 0.254 e. The summed E-state index contributed by atoms with van der Waals surface area (Å²) in [6.07, 6.45) is 0.789. The third-order valence-corrected chi connectivity index (χ3v) is 6.40. The average molecular weight is 440 g/mol. The molecule has 2 aliphatic rings. The first-order valence-corrected chi connectivity index (χ1v) is 11.3. The van der Waals surface area contributed by atoms with Crippen LogP contribution >= 0.6 is 0 Å². The number of hydrogen-bond donors (Lipinski definition) is 1. The van der Waals surface area contributed by atoms with Crippen molar-refractivity contribution in [2.24, 2.45) is 0 Å². The van der Waals surface area contributed by atoms with E-state index in [2.05, 4.69) is 29.2 Å². The first-order valence-electron chi connectivity index (χ1n) is 11.3. The van der Waals surface area contributed by atoms with Crippen molar-refractivity contribution >= 4 is 16.8 Å². The van der Waals surface area contributed by atoms with Crippen LogP contribution in [0.4, 0.5) is 0 Å². The molecule has 3 aromatic carbocycles. The summed E-state index contributed by atoms with van der Waals surface area (Å²) in [5, 5.41) is 1.22. The van der Waals surface area contributed by atoms with Gasteiger partial charge in [0.05, 0.1) is 12.6 Å². The Labute approximate surface area is 191 Å². The molecule has 0 unspecified atom stereocenters. The van der Waals surface area contributed by atoms with E-state index in [1.165, 1.54) is 10.9 Å². The largest absolute Gasteiger partial charge is 0.494 e. The summed E-state index contributed by atoms with van der Waals surface area (Å²) in [6.45, 7) is 3.36. The zero-order valence-electron chi connectivity index (χ0n) is 18.3. The van der Waals surface area contributed by atoms with E-state index >= 15 is 0 Å². The number of benzene rings is 3. The van der Waals surface area contributed by atoms with Gasteiger partial charge in [-0.2, -0.15) is 0 Å². The Bertz CT molecular complexity index is 1360. The Morgan fingerprint density at radius 3 is 2.85 bits per heavy atom. The summed E-state index contributed by atoms with van der Waals surface area (Å²) in [4.78, 5) is 19.4. The van der Waals surface area contributed by atoms with Gasteiger partial charge in [-0.1, -0.05) is 30.3 Å². The van der Waals surface area contributed by atoms with E-state index in [9.17, 15) is 4.79 Å². The van der Waals surface area contributed by atoms with Gasteiger partial charge >= 0.3 is 0 Å². The molecule has 0 spiro atoms. The Morgan fingerprint density at radius 2 is 1.94 bits per heavy atom. The highest BCUT2D eigenvalue weighted by Crippen LogP contribution is 2.40. The maximum atomic E-state index is 13.8. The molecule has 1 atom stereocenters. The summed E-state index contributed by atoms with van der Waals surface area (Å²) in [5.74, 6) is 2.04. The third-order valence-electron chi connectivity index (χ3n) is 6.40. The number of aromatic amines is 1. The standard InChI is InChI=1S/C27H24N2O4/c1-2-31-19-7-5-6-17(14-19)26-25-21(20-8-3-4-9-22(20)28-25)12-13-29(26)27(30)18-10-11-23-24(15-18)33-16-32-23/h3-11,14-15,26,28H,2,12-13,16H2,1H3/t26-/m1/s1. The SMILES string of the molecule is CCOc1cccc([C@@H]2c3[nH]c4ccccc4c3CCN2C(=O)c2ccc3c(c2)OCO3)c1. The molecule has 166 valence electrons. The number of carbonyl (C=O) groups is 1. The lowest BCUT2D eigenvalue weighted by Gasteiger charge is -2.36. The highest BCUT2D eigenvalue weighted by Gasteiger charge is 2.35. The minimum Gasteiger partial charge on any atom is -0.494 e. The van der Waals surface area contributed by atoms with Crippen molar-refractivity contribution in [3.63, 3.8) is 0 Å². The number of aromatic nitrogens is 1. The van der Waals surface area contributed by atoms with Crippen LogP contribution in [0.25, 0.3) is 10.9 Å². The van der Waals surface area contributed by atoms with E-state index < -0.39 is 0 Å². The number of fused-ring (bicyclic) bond motifs is 4. The molecule has 1 aromatic heterocycles. The van der Waals surface area contributed by atoms with Gasteiger partial charge in [-0.25, -0.2) is 0 Å². The van der Waals surface area contributed by atoms with Crippen LogP contribution in [0.2, 0.25) is 0 Å².